The average molecular weight is 173 g/mol. The lowest BCUT2D eigenvalue weighted by atomic mass is 10.4. The van der Waals surface area contributed by atoms with Crippen LogP contribution in [0.15, 0.2) is 0 Å². The second kappa shape index (κ2) is 6.46. The van der Waals surface area contributed by atoms with Gasteiger partial charge in [-0.05, 0) is 0 Å². The highest BCUT2D eigenvalue weighted by molar-refractivity contribution is 5.64. The minimum atomic E-state index is -0.946. The Morgan fingerprint density at radius 3 is 2.83 bits per heavy atom. The summed E-state index contributed by atoms with van der Waals surface area (Å²) in [6.45, 7) is -0.185. The van der Waals surface area contributed by atoms with Gasteiger partial charge >= 0.3 is 6.09 Å². The van der Waals surface area contributed by atoms with E-state index in [1.54, 1.807) is 0 Å². The van der Waals surface area contributed by atoms with E-state index in [2.05, 4.69) is 10.7 Å². The Kier molecular flexibility index (Phi) is 5.79. The number of ether oxygens (including phenoxy) is 2. The molecule has 1 unspecified atom stereocenters. The van der Waals surface area contributed by atoms with E-state index in [4.69, 9.17) is 22.0 Å². The van der Waals surface area contributed by atoms with Crippen molar-refractivity contribution in [2.24, 2.45) is 5.73 Å². The van der Waals surface area contributed by atoms with Crippen LogP contribution in [0, 0.1) is 12.3 Å². The average Bonchev–Trinajstić information content (AvgIpc) is 2.02. The van der Waals surface area contributed by atoms with E-state index >= 15 is 0 Å². The molecule has 0 spiro atoms. The molecule has 1 amide bonds. The number of hydrogen-bond donors (Lipinski definition) is 2. The Morgan fingerprint density at radius 2 is 2.42 bits per heavy atom. The molecule has 0 fully saturated rings. The lowest BCUT2D eigenvalue weighted by Gasteiger charge is -2.12. The van der Waals surface area contributed by atoms with Crippen LogP contribution in [0.3, 0.4) is 0 Å². The van der Waals surface area contributed by atoms with Crippen LogP contribution in [0.1, 0.15) is 0 Å². The first-order chi connectivity index (χ1) is 5.70. The van der Waals surface area contributed by atoms with E-state index in [0.717, 1.165) is 0 Å². The predicted octanol–water partition coefficient (Wildman–Crippen LogP) is -0.908. The van der Waals surface area contributed by atoms with Gasteiger partial charge in [0.15, 0.2) is 0 Å². The van der Waals surface area contributed by atoms with Crippen LogP contribution < -0.4 is 5.73 Å². The van der Waals surface area contributed by atoms with Gasteiger partial charge in [-0.25, -0.2) is 4.79 Å². The first-order valence-corrected chi connectivity index (χ1v) is 3.28. The van der Waals surface area contributed by atoms with E-state index in [0.29, 0.717) is 0 Å². The van der Waals surface area contributed by atoms with Crippen molar-refractivity contribution in [2.45, 2.75) is 6.10 Å². The summed E-state index contributed by atoms with van der Waals surface area (Å²) in [5.74, 6) is 2.22. The summed E-state index contributed by atoms with van der Waals surface area (Å²) in [7, 11) is 0. The van der Waals surface area contributed by atoms with Gasteiger partial charge < -0.3 is 20.3 Å². The fourth-order valence-corrected chi connectivity index (χ4v) is 0.538. The molecule has 12 heavy (non-hydrogen) atoms. The Morgan fingerprint density at radius 1 is 1.75 bits per heavy atom. The maximum Gasteiger partial charge on any atom is 0.404 e. The van der Waals surface area contributed by atoms with Gasteiger partial charge in [0, 0.05) is 0 Å². The van der Waals surface area contributed by atoms with Gasteiger partial charge in [0.1, 0.15) is 12.7 Å². The molecule has 1 atom stereocenters. The first-order valence-electron chi connectivity index (χ1n) is 3.28. The third-order valence-electron chi connectivity index (χ3n) is 0.976. The van der Waals surface area contributed by atoms with Crippen molar-refractivity contribution in [3.8, 4) is 12.3 Å². The highest BCUT2D eigenvalue weighted by Gasteiger charge is 2.10. The van der Waals surface area contributed by atoms with Crippen LogP contribution in [0.2, 0.25) is 0 Å². The third-order valence-corrected chi connectivity index (χ3v) is 0.976. The third kappa shape index (κ3) is 5.53. The molecule has 0 aliphatic carbocycles. The van der Waals surface area contributed by atoms with Crippen molar-refractivity contribution in [3.63, 3.8) is 0 Å². The number of aliphatic hydroxyl groups is 1. The van der Waals surface area contributed by atoms with E-state index < -0.39 is 12.2 Å². The Bertz CT molecular complexity index is 175. The molecule has 0 saturated carbocycles. The molecule has 0 bridgehead atoms. The van der Waals surface area contributed by atoms with Crippen molar-refractivity contribution >= 4 is 6.09 Å². The molecule has 0 aliphatic rings. The first kappa shape index (κ1) is 10.8. The van der Waals surface area contributed by atoms with E-state index in [1.807, 2.05) is 0 Å². The quantitative estimate of drug-likeness (QED) is 0.416. The fraction of sp³-hybridized carbons (Fsp3) is 0.571. The van der Waals surface area contributed by atoms with Crippen LogP contribution in [-0.2, 0) is 9.47 Å². The molecule has 0 aromatic rings. The molecule has 5 nitrogen and oxygen atoms in total. The zero-order valence-electron chi connectivity index (χ0n) is 6.53. The summed E-state index contributed by atoms with van der Waals surface area (Å²) in [4.78, 5) is 10.2. The van der Waals surface area contributed by atoms with Gasteiger partial charge in [-0.3, -0.25) is 0 Å². The lowest BCUT2D eigenvalue weighted by molar-refractivity contribution is 0.00442. The standard InChI is InChI=1S/C7H11NO4/c1-2-3-11-5-6(4-9)12-7(8)10/h1,6,9H,3-5H2,(H2,8,10). The number of carbonyl (C=O) groups is 1. The Labute approximate surface area is 70.5 Å². The monoisotopic (exact) mass is 173 g/mol. The molecule has 0 aromatic carbocycles. The minimum absolute atomic E-state index is 0.0453. The van der Waals surface area contributed by atoms with Crippen LogP contribution in [0.5, 0.6) is 0 Å². The molecular formula is C7H11NO4. The Hall–Kier alpha value is -1.25. The van der Waals surface area contributed by atoms with Crippen LogP contribution in [0.4, 0.5) is 4.79 Å². The fourth-order valence-electron chi connectivity index (χ4n) is 0.538. The second-order valence-electron chi connectivity index (χ2n) is 1.96. The summed E-state index contributed by atoms with van der Waals surface area (Å²) in [5, 5.41) is 8.61. The van der Waals surface area contributed by atoms with Crippen molar-refractivity contribution < 1.29 is 19.4 Å². The largest absolute Gasteiger partial charge is 0.441 e. The number of hydrogen-bond acceptors (Lipinski definition) is 4. The number of nitrogens with two attached hydrogens (primary N) is 1. The molecule has 0 radical (unpaired) electrons. The molecule has 68 valence electrons. The van der Waals surface area contributed by atoms with Gasteiger partial charge in [0.2, 0.25) is 0 Å². The van der Waals surface area contributed by atoms with Gasteiger partial charge in [-0.1, -0.05) is 5.92 Å². The summed E-state index contributed by atoms with van der Waals surface area (Å²) in [6.07, 6.45) is 3.20. The summed E-state index contributed by atoms with van der Waals surface area (Å²) in [6, 6.07) is 0. The Balaban J connectivity index is 3.54. The zero-order chi connectivity index (χ0) is 9.40. The highest BCUT2D eigenvalue weighted by atomic mass is 16.6. The maximum atomic E-state index is 10.2. The number of aliphatic hydroxyl groups excluding tert-OH is 1. The highest BCUT2D eigenvalue weighted by Crippen LogP contribution is 1.91. The number of carbonyl (C=O) groups excluding carboxylic acids is 1. The minimum Gasteiger partial charge on any atom is -0.441 e. The number of primary amides is 1. The predicted molar refractivity (Wildman–Crippen MR) is 41.2 cm³/mol. The summed E-state index contributed by atoms with van der Waals surface area (Å²) in [5.41, 5.74) is 4.71. The smallest absolute Gasteiger partial charge is 0.404 e. The lowest BCUT2D eigenvalue weighted by Crippen LogP contribution is -2.29. The number of rotatable bonds is 5. The number of amides is 1. The molecule has 0 rings (SSSR count). The van der Waals surface area contributed by atoms with E-state index in [9.17, 15) is 4.79 Å². The van der Waals surface area contributed by atoms with Crippen molar-refractivity contribution in [3.05, 3.63) is 0 Å². The summed E-state index contributed by atoms with van der Waals surface area (Å²) >= 11 is 0. The maximum absolute atomic E-state index is 10.2. The molecule has 3 N–H and O–H groups in total. The molecule has 0 aromatic heterocycles. The van der Waals surface area contributed by atoms with E-state index in [1.165, 1.54) is 0 Å². The van der Waals surface area contributed by atoms with Gasteiger partial charge in [-0.15, -0.1) is 6.42 Å². The SMILES string of the molecule is C#CCOCC(CO)OC(N)=O. The van der Waals surface area contributed by atoms with Crippen molar-refractivity contribution in [1.29, 1.82) is 0 Å². The van der Waals surface area contributed by atoms with Crippen LogP contribution in [-0.4, -0.2) is 37.1 Å². The van der Waals surface area contributed by atoms with Gasteiger partial charge in [0.25, 0.3) is 0 Å². The summed E-state index contributed by atoms with van der Waals surface area (Å²) < 4.78 is 9.25. The van der Waals surface area contributed by atoms with Crippen LogP contribution in [0.25, 0.3) is 0 Å². The van der Waals surface area contributed by atoms with Crippen molar-refractivity contribution in [2.75, 3.05) is 19.8 Å². The zero-order valence-corrected chi connectivity index (χ0v) is 6.53. The van der Waals surface area contributed by atoms with E-state index in [-0.39, 0.29) is 19.8 Å². The van der Waals surface area contributed by atoms with Crippen LogP contribution >= 0.6 is 0 Å². The van der Waals surface area contributed by atoms with Crippen molar-refractivity contribution in [1.82, 2.24) is 0 Å². The van der Waals surface area contributed by atoms with Gasteiger partial charge in [0.05, 0.1) is 13.2 Å². The van der Waals surface area contributed by atoms with Gasteiger partial charge in [-0.2, -0.15) is 0 Å². The second-order valence-corrected chi connectivity index (χ2v) is 1.96. The molecule has 0 aliphatic heterocycles. The molecule has 0 saturated heterocycles. The normalized spacial score (nSPS) is 11.7. The molecular weight excluding hydrogens is 162 g/mol. The topological polar surface area (TPSA) is 81.8 Å². The molecule has 0 heterocycles. The number of terminal acetylenes is 1. The molecule has 5 heteroatoms.